The topological polar surface area (TPSA) is 59.8 Å². The predicted octanol–water partition coefficient (Wildman–Crippen LogP) is 1.08. The summed E-state index contributed by atoms with van der Waals surface area (Å²) in [4.78, 5) is 15.3. The van der Waals surface area contributed by atoms with Crippen molar-refractivity contribution in [3.8, 4) is 5.82 Å². The second-order valence-corrected chi connectivity index (χ2v) is 3.72. The van der Waals surface area contributed by atoms with E-state index in [0.29, 0.717) is 18.1 Å². The van der Waals surface area contributed by atoms with E-state index in [9.17, 15) is 9.18 Å². The Morgan fingerprint density at radius 2 is 2.28 bits per heavy atom. The zero-order valence-electron chi connectivity index (χ0n) is 9.93. The summed E-state index contributed by atoms with van der Waals surface area (Å²) in [6, 6.07) is 4.58. The van der Waals surface area contributed by atoms with Gasteiger partial charge in [0.15, 0.2) is 5.82 Å². The van der Waals surface area contributed by atoms with Crippen molar-refractivity contribution in [1.82, 2.24) is 20.1 Å². The van der Waals surface area contributed by atoms with Crippen molar-refractivity contribution >= 4 is 5.91 Å². The minimum absolute atomic E-state index is 0.0742. The summed E-state index contributed by atoms with van der Waals surface area (Å²) in [5.41, 5.74) is 0.645. The zero-order chi connectivity index (χ0) is 13.0. The van der Waals surface area contributed by atoms with E-state index in [2.05, 4.69) is 15.4 Å². The normalized spacial score (nSPS) is 10.3. The Hall–Kier alpha value is -2.24. The van der Waals surface area contributed by atoms with Crippen molar-refractivity contribution in [2.24, 2.45) is 0 Å². The average molecular weight is 248 g/mol. The number of hydrogen-bond acceptors (Lipinski definition) is 3. The monoisotopic (exact) mass is 248 g/mol. The fraction of sp³-hybridized carbons (Fsp3) is 0.250. The third-order valence-corrected chi connectivity index (χ3v) is 2.31. The molecule has 0 saturated heterocycles. The molecule has 2 rings (SSSR count). The summed E-state index contributed by atoms with van der Waals surface area (Å²) < 4.78 is 14.2. The molecule has 18 heavy (non-hydrogen) atoms. The van der Waals surface area contributed by atoms with Crippen molar-refractivity contribution in [3.05, 3.63) is 42.1 Å². The Morgan fingerprint density at radius 1 is 1.44 bits per heavy atom. The van der Waals surface area contributed by atoms with Gasteiger partial charge in [0.2, 0.25) is 5.91 Å². The fourth-order valence-electron chi connectivity index (χ4n) is 1.51. The molecule has 6 heteroatoms. The molecule has 94 valence electrons. The van der Waals surface area contributed by atoms with Gasteiger partial charge >= 0.3 is 0 Å². The number of carbonyl (C=O) groups is 1. The zero-order valence-corrected chi connectivity index (χ0v) is 9.93. The molecule has 0 atom stereocenters. The minimum Gasteiger partial charge on any atom is -0.356 e. The lowest BCUT2D eigenvalue weighted by atomic mass is 10.3. The average Bonchev–Trinajstić information content (AvgIpc) is 2.78. The summed E-state index contributed by atoms with van der Waals surface area (Å²) >= 11 is 0. The van der Waals surface area contributed by atoms with Gasteiger partial charge in [-0.25, -0.2) is 14.1 Å². The Kier molecular flexibility index (Phi) is 3.66. The van der Waals surface area contributed by atoms with Gasteiger partial charge in [0, 0.05) is 12.7 Å². The number of rotatable bonds is 4. The Morgan fingerprint density at radius 3 is 2.94 bits per heavy atom. The predicted molar refractivity (Wildman–Crippen MR) is 63.7 cm³/mol. The van der Waals surface area contributed by atoms with Gasteiger partial charge in [0.25, 0.3) is 0 Å². The van der Waals surface area contributed by atoms with Crippen LogP contribution in [0.5, 0.6) is 0 Å². The van der Waals surface area contributed by atoms with Gasteiger partial charge in [-0.1, -0.05) is 0 Å². The van der Waals surface area contributed by atoms with E-state index in [1.165, 1.54) is 16.8 Å². The molecule has 0 aliphatic carbocycles. The number of nitrogens with zero attached hydrogens (tertiary/aromatic N) is 3. The highest BCUT2D eigenvalue weighted by molar-refractivity contribution is 5.77. The second kappa shape index (κ2) is 5.39. The van der Waals surface area contributed by atoms with E-state index in [4.69, 9.17) is 0 Å². The van der Waals surface area contributed by atoms with Gasteiger partial charge in [-0.3, -0.25) is 4.79 Å². The van der Waals surface area contributed by atoms with Crippen LogP contribution in [0.15, 0.2) is 30.6 Å². The van der Waals surface area contributed by atoms with Gasteiger partial charge in [0.05, 0.1) is 18.3 Å². The van der Waals surface area contributed by atoms with Crippen molar-refractivity contribution < 1.29 is 9.18 Å². The minimum atomic E-state index is -0.395. The van der Waals surface area contributed by atoms with Crippen LogP contribution in [0.3, 0.4) is 0 Å². The van der Waals surface area contributed by atoms with Crippen LogP contribution in [0, 0.1) is 5.82 Å². The molecule has 2 aromatic heterocycles. The van der Waals surface area contributed by atoms with Crippen LogP contribution in [0.2, 0.25) is 0 Å². The largest absolute Gasteiger partial charge is 0.356 e. The number of likely N-dealkylation sites (N-methyl/N-ethyl adjacent to an activating group) is 1. The van der Waals surface area contributed by atoms with Gasteiger partial charge in [-0.2, -0.15) is 5.10 Å². The summed E-state index contributed by atoms with van der Waals surface area (Å²) in [5.74, 6) is 0.0434. The standard InChI is InChI=1S/C12H13FN4O/c1-2-14-12(18)7-10-5-6-17(16-10)11-4-3-9(13)8-15-11/h3-6,8H,2,7H2,1H3,(H,14,18). The molecule has 2 heterocycles. The van der Waals surface area contributed by atoms with E-state index in [1.807, 2.05) is 6.92 Å². The lowest BCUT2D eigenvalue weighted by Crippen LogP contribution is -2.24. The highest BCUT2D eigenvalue weighted by Crippen LogP contribution is 2.05. The van der Waals surface area contributed by atoms with Gasteiger partial charge in [-0.15, -0.1) is 0 Å². The highest BCUT2D eigenvalue weighted by atomic mass is 19.1. The maximum atomic E-state index is 12.7. The smallest absolute Gasteiger partial charge is 0.226 e. The SMILES string of the molecule is CCNC(=O)Cc1ccn(-c2ccc(F)cn2)n1. The van der Waals surface area contributed by atoms with Crippen molar-refractivity contribution in [2.75, 3.05) is 6.54 Å². The third-order valence-electron chi connectivity index (χ3n) is 2.31. The number of carbonyl (C=O) groups excluding carboxylic acids is 1. The van der Waals surface area contributed by atoms with Crippen molar-refractivity contribution in [2.45, 2.75) is 13.3 Å². The van der Waals surface area contributed by atoms with Crippen LogP contribution in [0.1, 0.15) is 12.6 Å². The molecule has 0 aliphatic heterocycles. The molecular formula is C12H13FN4O. The van der Waals surface area contributed by atoms with Gasteiger partial charge in [0.1, 0.15) is 5.82 Å². The second-order valence-electron chi connectivity index (χ2n) is 3.72. The Labute approximate surface area is 104 Å². The Balaban J connectivity index is 2.10. The maximum Gasteiger partial charge on any atom is 0.226 e. The van der Waals surface area contributed by atoms with Crippen LogP contribution >= 0.6 is 0 Å². The summed E-state index contributed by atoms with van der Waals surface area (Å²) in [5, 5.41) is 6.90. The number of nitrogens with one attached hydrogen (secondary N) is 1. The molecule has 0 spiro atoms. The molecule has 0 saturated carbocycles. The van der Waals surface area contributed by atoms with Gasteiger partial charge in [-0.05, 0) is 25.1 Å². The molecule has 5 nitrogen and oxygen atoms in total. The molecule has 2 aromatic rings. The Bertz CT molecular complexity index is 535. The first-order chi connectivity index (χ1) is 8.69. The van der Waals surface area contributed by atoms with Crippen LogP contribution < -0.4 is 5.32 Å². The third kappa shape index (κ3) is 2.91. The van der Waals surface area contributed by atoms with Crippen LogP contribution in [0.4, 0.5) is 4.39 Å². The highest BCUT2D eigenvalue weighted by Gasteiger charge is 2.06. The van der Waals surface area contributed by atoms with Crippen molar-refractivity contribution in [3.63, 3.8) is 0 Å². The first-order valence-corrected chi connectivity index (χ1v) is 5.62. The molecule has 0 fully saturated rings. The van der Waals surface area contributed by atoms with E-state index >= 15 is 0 Å². The van der Waals surface area contributed by atoms with Gasteiger partial charge < -0.3 is 5.32 Å². The summed E-state index contributed by atoms with van der Waals surface area (Å²) in [6.07, 6.45) is 3.04. The van der Waals surface area contributed by atoms with E-state index < -0.39 is 5.82 Å². The van der Waals surface area contributed by atoms with E-state index in [-0.39, 0.29) is 12.3 Å². The maximum absolute atomic E-state index is 12.7. The molecule has 1 N–H and O–H groups in total. The number of pyridine rings is 1. The van der Waals surface area contributed by atoms with E-state index in [1.54, 1.807) is 12.3 Å². The molecule has 0 aromatic carbocycles. The first-order valence-electron chi connectivity index (χ1n) is 5.62. The van der Waals surface area contributed by atoms with Crippen molar-refractivity contribution in [1.29, 1.82) is 0 Å². The first kappa shape index (κ1) is 12.2. The molecule has 0 unspecified atom stereocenters. The summed E-state index contributed by atoms with van der Waals surface area (Å²) in [7, 11) is 0. The quantitative estimate of drug-likeness (QED) is 0.881. The van der Waals surface area contributed by atoms with Crippen LogP contribution in [0.25, 0.3) is 5.82 Å². The number of hydrogen-bond donors (Lipinski definition) is 1. The molecule has 1 amide bonds. The molecule has 0 bridgehead atoms. The number of amides is 1. The fourth-order valence-corrected chi connectivity index (χ4v) is 1.51. The lowest BCUT2D eigenvalue weighted by molar-refractivity contribution is -0.120. The number of halogens is 1. The summed E-state index contributed by atoms with van der Waals surface area (Å²) in [6.45, 7) is 2.46. The molecular weight excluding hydrogens is 235 g/mol. The van der Waals surface area contributed by atoms with E-state index in [0.717, 1.165) is 6.20 Å². The molecule has 0 radical (unpaired) electrons. The number of aromatic nitrogens is 3. The molecule has 0 aliphatic rings. The van der Waals surface area contributed by atoms with Crippen LogP contribution in [-0.4, -0.2) is 27.2 Å². The lowest BCUT2D eigenvalue weighted by Gasteiger charge is -2.00. The van der Waals surface area contributed by atoms with Crippen LogP contribution in [-0.2, 0) is 11.2 Å².